The highest BCUT2D eigenvalue weighted by atomic mass is 35.5. The van der Waals surface area contributed by atoms with E-state index in [1.165, 1.54) is 42.5 Å². The van der Waals surface area contributed by atoms with Gasteiger partial charge in [0.15, 0.2) is 0 Å². The van der Waals surface area contributed by atoms with Crippen LogP contribution in [0, 0.1) is 10.1 Å². The minimum Gasteiger partial charge on any atom is -0.502 e. The summed E-state index contributed by atoms with van der Waals surface area (Å²) >= 11 is 17.6. The van der Waals surface area contributed by atoms with Crippen LogP contribution in [-0.2, 0) is 10.0 Å². The molecule has 0 aliphatic rings. The fourth-order valence-electron chi connectivity index (χ4n) is 2.65. The molecule has 34 heavy (non-hydrogen) atoms. The molecule has 0 radical (unpaired) electrons. The van der Waals surface area contributed by atoms with Crippen LogP contribution in [0.5, 0.6) is 5.75 Å². The molecule has 3 rings (SSSR count). The van der Waals surface area contributed by atoms with Crippen molar-refractivity contribution in [1.82, 2.24) is 5.43 Å². The number of benzene rings is 3. The number of halogens is 3. The lowest BCUT2D eigenvalue weighted by Gasteiger charge is -2.11. The third kappa shape index (κ3) is 5.94. The van der Waals surface area contributed by atoms with Gasteiger partial charge in [-0.25, -0.2) is 13.8 Å². The Hall–Kier alpha value is -3.38. The van der Waals surface area contributed by atoms with Gasteiger partial charge in [-0.3, -0.25) is 19.6 Å². The Balaban J connectivity index is 1.81. The first-order valence-electron chi connectivity index (χ1n) is 9.06. The predicted molar refractivity (Wildman–Crippen MR) is 129 cm³/mol. The topological polar surface area (TPSA) is 151 Å². The number of amides is 1. The maximum absolute atomic E-state index is 12.8. The van der Waals surface area contributed by atoms with Gasteiger partial charge in [0.25, 0.3) is 15.9 Å². The van der Waals surface area contributed by atoms with E-state index >= 15 is 0 Å². The van der Waals surface area contributed by atoms with Gasteiger partial charge in [-0.2, -0.15) is 5.10 Å². The second-order valence-electron chi connectivity index (χ2n) is 6.58. The van der Waals surface area contributed by atoms with Crippen molar-refractivity contribution in [3.8, 4) is 5.75 Å². The highest BCUT2D eigenvalue weighted by molar-refractivity contribution is 7.92. The Morgan fingerprint density at radius 2 is 1.71 bits per heavy atom. The summed E-state index contributed by atoms with van der Waals surface area (Å²) in [5.74, 6) is -1.51. The molecule has 0 saturated heterocycles. The summed E-state index contributed by atoms with van der Waals surface area (Å²) in [4.78, 5) is 22.2. The van der Waals surface area contributed by atoms with E-state index in [0.717, 1.165) is 18.3 Å². The number of carbonyl (C=O) groups is 1. The molecule has 0 heterocycles. The minimum absolute atomic E-state index is 0.0296. The fourth-order valence-corrected chi connectivity index (χ4v) is 4.58. The molecule has 0 unspecified atom stereocenters. The number of nitrogens with zero attached hydrogens (tertiary/aromatic N) is 2. The highest BCUT2D eigenvalue weighted by Crippen LogP contribution is 2.32. The minimum atomic E-state index is -4.15. The average Bonchev–Trinajstić information content (AvgIpc) is 2.77. The van der Waals surface area contributed by atoms with E-state index in [1.807, 2.05) is 0 Å². The smallest absolute Gasteiger partial charge is 0.312 e. The van der Waals surface area contributed by atoms with Crippen LogP contribution in [0.15, 0.2) is 64.6 Å². The molecule has 0 aromatic heterocycles. The van der Waals surface area contributed by atoms with Crippen LogP contribution in [-0.4, -0.2) is 30.6 Å². The quantitative estimate of drug-likeness (QED) is 0.221. The molecule has 0 fully saturated rings. The van der Waals surface area contributed by atoms with Crippen molar-refractivity contribution in [2.45, 2.75) is 4.90 Å². The molecule has 14 heteroatoms. The Morgan fingerprint density at radius 3 is 2.35 bits per heavy atom. The number of rotatable bonds is 7. The van der Waals surface area contributed by atoms with Gasteiger partial charge < -0.3 is 5.11 Å². The molecule has 0 spiro atoms. The number of phenolic OH excluding ortho intramolecular Hbond substituents is 1. The number of carbonyl (C=O) groups excluding carboxylic acids is 1. The summed E-state index contributed by atoms with van der Waals surface area (Å²) in [6, 6.07) is 11.6. The number of anilines is 1. The Labute approximate surface area is 208 Å². The van der Waals surface area contributed by atoms with Crippen LogP contribution in [0.25, 0.3) is 0 Å². The van der Waals surface area contributed by atoms with Gasteiger partial charge in [0.2, 0.25) is 5.75 Å². The summed E-state index contributed by atoms with van der Waals surface area (Å²) in [6.45, 7) is 0. The van der Waals surface area contributed by atoms with Gasteiger partial charge in [-0.15, -0.1) is 0 Å². The van der Waals surface area contributed by atoms with Crippen molar-refractivity contribution in [1.29, 1.82) is 0 Å². The van der Waals surface area contributed by atoms with Gasteiger partial charge in [0.1, 0.15) is 4.90 Å². The molecule has 0 aliphatic heterocycles. The number of phenols is 1. The lowest BCUT2D eigenvalue weighted by atomic mass is 10.2. The monoisotopic (exact) mass is 542 g/mol. The summed E-state index contributed by atoms with van der Waals surface area (Å²) in [5, 5.41) is 24.8. The summed E-state index contributed by atoms with van der Waals surface area (Å²) in [6.07, 6.45) is 0.946. The van der Waals surface area contributed by atoms with E-state index in [2.05, 4.69) is 15.2 Å². The van der Waals surface area contributed by atoms with E-state index < -0.39 is 32.3 Å². The molecule has 0 bridgehead atoms. The van der Waals surface area contributed by atoms with Crippen LogP contribution in [0.1, 0.15) is 15.9 Å². The first-order valence-corrected chi connectivity index (χ1v) is 11.7. The van der Waals surface area contributed by atoms with E-state index in [-0.39, 0.29) is 31.8 Å². The second kappa shape index (κ2) is 10.3. The zero-order chi connectivity index (χ0) is 25.0. The Kier molecular flexibility index (Phi) is 7.62. The molecule has 10 nitrogen and oxygen atoms in total. The van der Waals surface area contributed by atoms with Crippen LogP contribution < -0.4 is 10.1 Å². The Morgan fingerprint density at radius 1 is 1.03 bits per heavy atom. The first kappa shape index (κ1) is 25.2. The average molecular weight is 544 g/mol. The zero-order valence-corrected chi connectivity index (χ0v) is 19.8. The molecule has 1 amide bonds. The van der Waals surface area contributed by atoms with Gasteiger partial charge in [0, 0.05) is 32.9 Å². The summed E-state index contributed by atoms with van der Waals surface area (Å²) in [7, 11) is -4.15. The van der Waals surface area contributed by atoms with Gasteiger partial charge in [-0.1, -0.05) is 34.8 Å². The SMILES string of the molecule is O=C(NN=Cc1cc(Cl)cc([N+](=O)[O-])c1O)c1ccc(Cl)c(S(=O)(=O)Nc2ccc(Cl)cc2)c1. The van der Waals surface area contributed by atoms with Crippen LogP contribution >= 0.6 is 34.8 Å². The number of nitro benzene ring substituents is 1. The molecule has 3 N–H and O–H groups in total. The summed E-state index contributed by atoms with van der Waals surface area (Å²) < 4.78 is 27.8. The van der Waals surface area contributed by atoms with Crippen molar-refractivity contribution < 1.29 is 23.2 Å². The van der Waals surface area contributed by atoms with E-state index in [4.69, 9.17) is 34.8 Å². The number of hydrogen-bond donors (Lipinski definition) is 3. The normalized spacial score (nSPS) is 11.4. The van der Waals surface area contributed by atoms with Crippen molar-refractivity contribution in [3.63, 3.8) is 0 Å². The van der Waals surface area contributed by atoms with Crippen molar-refractivity contribution in [3.05, 3.63) is 90.9 Å². The van der Waals surface area contributed by atoms with Crippen molar-refractivity contribution in [2.24, 2.45) is 5.10 Å². The number of nitrogens with one attached hydrogen (secondary N) is 2. The summed E-state index contributed by atoms with van der Waals surface area (Å²) in [5.41, 5.74) is 1.51. The second-order valence-corrected chi connectivity index (χ2v) is 9.51. The maximum Gasteiger partial charge on any atom is 0.312 e. The van der Waals surface area contributed by atoms with Gasteiger partial charge in [0.05, 0.1) is 16.2 Å². The molecule has 176 valence electrons. The molecule has 3 aromatic carbocycles. The fraction of sp³-hybridized carbons (Fsp3) is 0. The van der Waals surface area contributed by atoms with Crippen molar-refractivity contribution >= 4 is 68.3 Å². The first-order chi connectivity index (χ1) is 16.0. The number of nitro groups is 1. The van der Waals surface area contributed by atoms with Gasteiger partial charge in [-0.05, 0) is 48.5 Å². The van der Waals surface area contributed by atoms with Crippen LogP contribution in [0.3, 0.4) is 0 Å². The number of hydrazone groups is 1. The molecular weight excluding hydrogens is 531 g/mol. The zero-order valence-electron chi connectivity index (χ0n) is 16.7. The van der Waals surface area contributed by atoms with E-state index in [1.54, 1.807) is 0 Å². The van der Waals surface area contributed by atoms with E-state index in [9.17, 15) is 28.4 Å². The lowest BCUT2D eigenvalue weighted by molar-refractivity contribution is -0.385. The molecule has 0 aliphatic carbocycles. The lowest BCUT2D eigenvalue weighted by Crippen LogP contribution is -2.19. The van der Waals surface area contributed by atoms with Crippen LogP contribution in [0.2, 0.25) is 15.1 Å². The highest BCUT2D eigenvalue weighted by Gasteiger charge is 2.21. The molecule has 0 atom stereocenters. The molecule has 0 saturated carbocycles. The Bertz CT molecular complexity index is 1410. The van der Waals surface area contributed by atoms with E-state index in [0.29, 0.717) is 5.02 Å². The van der Waals surface area contributed by atoms with Crippen LogP contribution in [0.4, 0.5) is 11.4 Å². The van der Waals surface area contributed by atoms with Gasteiger partial charge >= 0.3 is 5.69 Å². The third-order valence-corrected chi connectivity index (χ3v) is 6.56. The molecular formula is C20H13Cl3N4O6S. The number of hydrogen-bond acceptors (Lipinski definition) is 7. The predicted octanol–water partition coefficient (Wildman–Crippen LogP) is 4.83. The third-order valence-electron chi connectivity index (χ3n) is 4.23. The molecule has 3 aromatic rings. The number of sulfonamides is 1. The largest absolute Gasteiger partial charge is 0.502 e. The standard InChI is InChI=1S/C20H13Cl3N4O6S/c21-13-2-4-15(5-3-13)26-34(32,33)18-8-11(1-6-16(18)23)20(29)25-24-10-12-7-14(22)9-17(19(12)28)27(30)31/h1-10,26,28H,(H,25,29). The maximum atomic E-state index is 12.8. The number of aromatic hydroxyl groups is 1. The van der Waals surface area contributed by atoms with Crippen molar-refractivity contribution in [2.75, 3.05) is 4.72 Å².